The molecule has 2 rings (SSSR count). The Labute approximate surface area is 122 Å². The molecule has 0 aliphatic carbocycles. The third-order valence-electron chi connectivity index (χ3n) is 2.67. The molecule has 1 N–H and O–H groups in total. The topological polar surface area (TPSA) is 67.8 Å². The van der Waals surface area contributed by atoms with Crippen molar-refractivity contribution in [2.75, 3.05) is 0 Å². The number of hydrogen-bond acceptors (Lipinski definition) is 4. The summed E-state index contributed by atoms with van der Waals surface area (Å²) in [5.74, 6) is 0.418. The Kier molecular flexibility index (Phi) is 4.63. The molecule has 2 aromatic heterocycles. The SMILES string of the molecule is CC(C)c1ncc(Cl)c(C(=O)NCc2cccnc2)n1. The summed E-state index contributed by atoms with van der Waals surface area (Å²) in [4.78, 5) is 24.4. The van der Waals surface area contributed by atoms with E-state index in [0.717, 1.165) is 5.56 Å². The van der Waals surface area contributed by atoms with Crippen LogP contribution < -0.4 is 5.32 Å². The molecule has 2 aromatic rings. The summed E-state index contributed by atoms with van der Waals surface area (Å²) in [6, 6.07) is 3.70. The first-order valence-electron chi connectivity index (χ1n) is 6.27. The van der Waals surface area contributed by atoms with Crippen LogP contribution in [0.15, 0.2) is 30.7 Å². The highest BCUT2D eigenvalue weighted by Gasteiger charge is 2.15. The molecule has 0 bridgehead atoms. The van der Waals surface area contributed by atoms with Gasteiger partial charge < -0.3 is 5.32 Å². The summed E-state index contributed by atoms with van der Waals surface area (Å²) < 4.78 is 0. The van der Waals surface area contributed by atoms with Gasteiger partial charge in [-0.2, -0.15) is 0 Å². The summed E-state index contributed by atoms with van der Waals surface area (Å²) in [7, 11) is 0. The van der Waals surface area contributed by atoms with Gasteiger partial charge in [0.05, 0.1) is 11.2 Å². The molecule has 0 atom stereocenters. The van der Waals surface area contributed by atoms with Crippen LogP contribution in [0, 0.1) is 0 Å². The van der Waals surface area contributed by atoms with E-state index < -0.39 is 0 Å². The number of carbonyl (C=O) groups excluding carboxylic acids is 1. The van der Waals surface area contributed by atoms with Crippen LogP contribution >= 0.6 is 11.6 Å². The van der Waals surface area contributed by atoms with E-state index in [-0.39, 0.29) is 22.5 Å². The van der Waals surface area contributed by atoms with Crippen LogP contribution in [-0.2, 0) is 6.54 Å². The molecule has 0 spiro atoms. The number of halogens is 1. The maximum Gasteiger partial charge on any atom is 0.271 e. The van der Waals surface area contributed by atoms with Crippen LogP contribution in [0.5, 0.6) is 0 Å². The Morgan fingerprint density at radius 3 is 2.85 bits per heavy atom. The van der Waals surface area contributed by atoms with Crippen molar-refractivity contribution in [3.8, 4) is 0 Å². The van der Waals surface area contributed by atoms with Crippen LogP contribution in [-0.4, -0.2) is 20.9 Å². The van der Waals surface area contributed by atoms with Gasteiger partial charge in [0.2, 0.25) is 0 Å². The van der Waals surface area contributed by atoms with Gasteiger partial charge in [0.1, 0.15) is 11.5 Å². The number of rotatable bonds is 4. The molecule has 0 aromatic carbocycles. The minimum Gasteiger partial charge on any atom is -0.347 e. The molecule has 5 nitrogen and oxygen atoms in total. The molecule has 20 heavy (non-hydrogen) atoms. The second kappa shape index (κ2) is 6.43. The Morgan fingerprint density at radius 1 is 1.40 bits per heavy atom. The minimum absolute atomic E-state index is 0.136. The Hall–Kier alpha value is -2.01. The highest BCUT2D eigenvalue weighted by molar-refractivity contribution is 6.33. The van der Waals surface area contributed by atoms with Crippen LogP contribution in [0.1, 0.15) is 41.6 Å². The standard InChI is InChI=1S/C14H15ClN4O/c1-9(2)13-17-8-11(15)12(19-13)14(20)18-7-10-4-3-5-16-6-10/h3-6,8-9H,7H2,1-2H3,(H,18,20). The third kappa shape index (κ3) is 3.51. The molecule has 0 unspecified atom stereocenters. The van der Waals surface area contributed by atoms with Gasteiger partial charge in [-0.15, -0.1) is 0 Å². The smallest absolute Gasteiger partial charge is 0.271 e. The van der Waals surface area contributed by atoms with E-state index in [1.54, 1.807) is 12.4 Å². The van der Waals surface area contributed by atoms with Crippen molar-refractivity contribution in [3.05, 3.63) is 52.8 Å². The molecular weight excluding hydrogens is 276 g/mol. The fourth-order valence-corrected chi connectivity index (χ4v) is 1.76. The Morgan fingerprint density at radius 2 is 2.20 bits per heavy atom. The molecule has 0 fully saturated rings. The van der Waals surface area contributed by atoms with Crippen LogP contribution in [0.25, 0.3) is 0 Å². The van der Waals surface area contributed by atoms with Gasteiger partial charge in [0, 0.05) is 24.9 Å². The van der Waals surface area contributed by atoms with Crippen molar-refractivity contribution in [2.24, 2.45) is 0 Å². The highest BCUT2D eigenvalue weighted by Crippen LogP contribution is 2.16. The Bertz CT molecular complexity index is 601. The van der Waals surface area contributed by atoms with Crippen molar-refractivity contribution in [1.29, 1.82) is 0 Å². The van der Waals surface area contributed by atoms with Crippen molar-refractivity contribution >= 4 is 17.5 Å². The summed E-state index contributed by atoms with van der Waals surface area (Å²) >= 11 is 5.98. The van der Waals surface area contributed by atoms with Crippen LogP contribution in [0.3, 0.4) is 0 Å². The van der Waals surface area contributed by atoms with Gasteiger partial charge in [-0.25, -0.2) is 9.97 Å². The summed E-state index contributed by atoms with van der Waals surface area (Å²) in [6.07, 6.45) is 4.84. The number of nitrogens with zero attached hydrogens (tertiary/aromatic N) is 3. The molecule has 1 amide bonds. The van der Waals surface area contributed by atoms with E-state index in [0.29, 0.717) is 12.4 Å². The summed E-state index contributed by atoms with van der Waals surface area (Å²) in [5.41, 5.74) is 1.12. The first-order valence-corrected chi connectivity index (χ1v) is 6.65. The molecule has 104 valence electrons. The number of carbonyl (C=O) groups is 1. The predicted octanol–water partition coefficient (Wildman–Crippen LogP) is 2.58. The zero-order chi connectivity index (χ0) is 14.5. The van der Waals surface area contributed by atoms with Gasteiger partial charge in [0.25, 0.3) is 5.91 Å². The zero-order valence-electron chi connectivity index (χ0n) is 11.3. The predicted molar refractivity (Wildman–Crippen MR) is 76.5 cm³/mol. The first-order chi connectivity index (χ1) is 9.58. The second-order valence-electron chi connectivity index (χ2n) is 4.62. The van der Waals surface area contributed by atoms with E-state index in [9.17, 15) is 4.79 Å². The Balaban J connectivity index is 2.11. The maximum absolute atomic E-state index is 12.1. The van der Waals surface area contributed by atoms with Crippen LogP contribution in [0.2, 0.25) is 5.02 Å². The lowest BCUT2D eigenvalue weighted by molar-refractivity contribution is 0.0945. The lowest BCUT2D eigenvalue weighted by atomic mass is 10.2. The van der Waals surface area contributed by atoms with E-state index in [2.05, 4.69) is 20.3 Å². The van der Waals surface area contributed by atoms with Gasteiger partial charge in [-0.3, -0.25) is 9.78 Å². The number of pyridine rings is 1. The molecule has 0 saturated carbocycles. The average Bonchev–Trinajstić information content (AvgIpc) is 2.46. The van der Waals surface area contributed by atoms with Gasteiger partial charge in [0.15, 0.2) is 0 Å². The lowest BCUT2D eigenvalue weighted by Crippen LogP contribution is -2.25. The molecule has 6 heteroatoms. The van der Waals surface area contributed by atoms with Gasteiger partial charge in [-0.1, -0.05) is 31.5 Å². The van der Waals surface area contributed by atoms with Crippen molar-refractivity contribution in [3.63, 3.8) is 0 Å². The lowest BCUT2D eigenvalue weighted by Gasteiger charge is -2.08. The monoisotopic (exact) mass is 290 g/mol. The third-order valence-corrected chi connectivity index (χ3v) is 2.95. The summed E-state index contributed by atoms with van der Waals surface area (Å²) in [5, 5.41) is 3.02. The van der Waals surface area contributed by atoms with Crippen molar-refractivity contribution < 1.29 is 4.79 Å². The van der Waals surface area contributed by atoms with E-state index >= 15 is 0 Å². The van der Waals surface area contributed by atoms with E-state index in [1.807, 2.05) is 26.0 Å². The number of amides is 1. The molecule has 0 aliphatic heterocycles. The fraction of sp³-hybridized carbons (Fsp3) is 0.286. The average molecular weight is 291 g/mol. The molecule has 0 aliphatic rings. The van der Waals surface area contributed by atoms with Gasteiger partial charge in [-0.05, 0) is 11.6 Å². The number of hydrogen-bond donors (Lipinski definition) is 1. The number of aromatic nitrogens is 3. The maximum atomic E-state index is 12.1. The fourth-order valence-electron chi connectivity index (χ4n) is 1.59. The molecule has 0 radical (unpaired) electrons. The van der Waals surface area contributed by atoms with Gasteiger partial charge >= 0.3 is 0 Å². The first kappa shape index (κ1) is 14.4. The van der Waals surface area contributed by atoms with Crippen molar-refractivity contribution in [1.82, 2.24) is 20.3 Å². The molecule has 2 heterocycles. The second-order valence-corrected chi connectivity index (χ2v) is 5.03. The molecular formula is C14H15ClN4O. The van der Waals surface area contributed by atoms with E-state index in [4.69, 9.17) is 11.6 Å². The highest BCUT2D eigenvalue weighted by atomic mass is 35.5. The van der Waals surface area contributed by atoms with Crippen molar-refractivity contribution in [2.45, 2.75) is 26.3 Å². The summed E-state index contributed by atoms with van der Waals surface area (Å²) in [6.45, 7) is 4.30. The zero-order valence-corrected chi connectivity index (χ0v) is 12.1. The largest absolute Gasteiger partial charge is 0.347 e. The normalized spacial score (nSPS) is 10.6. The molecule has 0 saturated heterocycles. The van der Waals surface area contributed by atoms with Crippen LogP contribution in [0.4, 0.5) is 0 Å². The quantitative estimate of drug-likeness (QED) is 0.940. The minimum atomic E-state index is -0.317. The number of nitrogens with one attached hydrogen (secondary N) is 1. The van der Waals surface area contributed by atoms with E-state index in [1.165, 1.54) is 6.20 Å².